The number of benzene rings is 1. The Morgan fingerprint density at radius 3 is 2.11 bits per heavy atom. The van der Waals surface area contributed by atoms with Crippen LogP contribution in [0.4, 0.5) is 0 Å². The highest BCUT2D eigenvalue weighted by Crippen LogP contribution is 2.24. The van der Waals surface area contributed by atoms with Gasteiger partial charge in [-0.3, -0.25) is 9.59 Å². The molecule has 1 heterocycles. The van der Waals surface area contributed by atoms with E-state index < -0.39 is 12.1 Å². The van der Waals surface area contributed by atoms with Crippen LogP contribution >= 0.6 is 0 Å². The van der Waals surface area contributed by atoms with Crippen LogP contribution in [0.15, 0.2) is 12.1 Å². The predicted octanol–water partition coefficient (Wildman–Crippen LogP) is 3.95. The third kappa shape index (κ3) is 4.50. The second-order valence-electron chi connectivity index (χ2n) is 7.19. The van der Waals surface area contributed by atoms with Gasteiger partial charge in [0.2, 0.25) is 5.78 Å². The van der Waals surface area contributed by atoms with Crippen LogP contribution in [0.25, 0.3) is 0 Å². The molecule has 0 spiro atoms. The lowest BCUT2D eigenvalue weighted by atomic mass is 10.0. The van der Waals surface area contributed by atoms with E-state index in [4.69, 9.17) is 9.47 Å². The molecule has 0 aliphatic heterocycles. The van der Waals surface area contributed by atoms with Crippen LogP contribution in [-0.2, 0) is 9.53 Å². The van der Waals surface area contributed by atoms with E-state index in [1.807, 2.05) is 32.9 Å². The predicted molar refractivity (Wildman–Crippen MR) is 106 cm³/mol. The first kappa shape index (κ1) is 21.4. The summed E-state index contributed by atoms with van der Waals surface area (Å²) >= 11 is 0. The summed E-state index contributed by atoms with van der Waals surface area (Å²) in [6.45, 7) is 11.9. The average Bonchev–Trinajstić information content (AvgIpc) is 2.87. The van der Waals surface area contributed by atoms with Crippen molar-refractivity contribution in [2.24, 2.45) is 0 Å². The van der Waals surface area contributed by atoms with Gasteiger partial charge in [0.15, 0.2) is 18.5 Å². The molecule has 0 aliphatic rings. The van der Waals surface area contributed by atoms with E-state index in [0.29, 0.717) is 22.6 Å². The summed E-state index contributed by atoms with van der Waals surface area (Å²) in [5.74, 6) is -0.493. The van der Waals surface area contributed by atoms with Crippen LogP contribution in [0, 0.1) is 34.6 Å². The molecular weight excluding hydrogens is 358 g/mol. The number of ether oxygens (including phenoxy) is 2. The zero-order valence-corrected chi connectivity index (χ0v) is 17.5. The fraction of sp³-hybridized carbons (Fsp3) is 0.409. The minimum atomic E-state index is -0.993. The highest BCUT2D eigenvalue weighted by atomic mass is 16.6. The van der Waals surface area contributed by atoms with E-state index in [1.165, 1.54) is 13.8 Å². The molecule has 0 aliphatic carbocycles. The summed E-state index contributed by atoms with van der Waals surface area (Å²) in [7, 11) is 0. The van der Waals surface area contributed by atoms with E-state index in [9.17, 15) is 14.4 Å². The third-order valence-electron chi connectivity index (χ3n) is 4.65. The van der Waals surface area contributed by atoms with E-state index in [0.717, 1.165) is 16.7 Å². The van der Waals surface area contributed by atoms with E-state index in [-0.39, 0.29) is 23.9 Å². The van der Waals surface area contributed by atoms with Gasteiger partial charge in [0, 0.05) is 11.3 Å². The number of aromatic amines is 1. The van der Waals surface area contributed by atoms with Gasteiger partial charge in [0.05, 0.1) is 5.69 Å². The molecule has 28 heavy (non-hydrogen) atoms. The number of aryl methyl sites for hydroxylation is 4. The molecular formula is C22H27NO5. The summed E-state index contributed by atoms with van der Waals surface area (Å²) in [6.07, 6.45) is -0.993. The number of Topliss-reactive ketones (excluding diaryl/α,β-unsaturated/α-hetero) is 2. The maximum Gasteiger partial charge on any atom is 0.344 e. The van der Waals surface area contributed by atoms with Crippen LogP contribution in [0.3, 0.4) is 0 Å². The first-order valence-corrected chi connectivity index (χ1v) is 9.17. The van der Waals surface area contributed by atoms with Gasteiger partial charge in [-0.1, -0.05) is 17.7 Å². The number of H-pyrrole nitrogens is 1. The zero-order valence-electron chi connectivity index (χ0n) is 17.5. The number of ketones is 2. The number of esters is 1. The summed E-state index contributed by atoms with van der Waals surface area (Å²) in [5, 5.41) is 0. The van der Waals surface area contributed by atoms with Crippen molar-refractivity contribution in [2.75, 3.05) is 6.61 Å². The Balaban J connectivity index is 2.04. The quantitative estimate of drug-likeness (QED) is 0.576. The molecule has 1 N–H and O–H groups in total. The minimum Gasteiger partial charge on any atom is -0.481 e. The maximum atomic E-state index is 12.6. The Kier molecular flexibility index (Phi) is 6.44. The smallest absolute Gasteiger partial charge is 0.344 e. The first-order chi connectivity index (χ1) is 13.0. The largest absolute Gasteiger partial charge is 0.481 e. The Hall–Kier alpha value is -2.89. The van der Waals surface area contributed by atoms with Gasteiger partial charge in [-0.05, 0) is 65.2 Å². The lowest BCUT2D eigenvalue weighted by molar-refractivity contribution is -0.148. The van der Waals surface area contributed by atoms with Crippen LogP contribution in [0.1, 0.15) is 62.6 Å². The summed E-state index contributed by atoms with van der Waals surface area (Å²) < 4.78 is 10.8. The zero-order chi connectivity index (χ0) is 21.2. The van der Waals surface area contributed by atoms with Crippen molar-refractivity contribution in [3.8, 4) is 5.75 Å². The minimum absolute atomic E-state index is 0.118. The Morgan fingerprint density at radius 1 is 1.04 bits per heavy atom. The SMILES string of the molecule is CC(=O)c1c(C)[nH]c(C(=O)[C@@H](C)OC(=O)COc2c(C)cc(C)cc2C)c1C. The van der Waals surface area contributed by atoms with Gasteiger partial charge in [0.25, 0.3) is 0 Å². The molecule has 0 saturated heterocycles. The number of rotatable bonds is 7. The average molecular weight is 385 g/mol. The molecule has 1 aromatic heterocycles. The molecule has 2 rings (SSSR count). The molecule has 0 unspecified atom stereocenters. The molecule has 6 nitrogen and oxygen atoms in total. The summed E-state index contributed by atoms with van der Waals surface area (Å²) in [5.41, 5.74) is 4.96. The molecule has 2 aromatic rings. The Morgan fingerprint density at radius 2 is 1.61 bits per heavy atom. The number of hydrogen-bond acceptors (Lipinski definition) is 5. The fourth-order valence-corrected chi connectivity index (χ4v) is 3.54. The van der Waals surface area contributed by atoms with Crippen molar-refractivity contribution in [1.82, 2.24) is 4.98 Å². The van der Waals surface area contributed by atoms with Crippen LogP contribution in [-0.4, -0.2) is 35.2 Å². The monoisotopic (exact) mass is 385 g/mol. The van der Waals surface area contributed by atoms with Gasteiger partial charge in [-0.2, -0.15) is 0 Å². The molecule has 0 amide bonds. The van der Waals surface area contributed by atoms with Gasteiger partial charge in [-0.25, -0.2) is 4.79 Å². The Bertz CT molecular complexity index is 916. The first-order valence-electron chi connectivity index (χ1n) is 9.17. The van der Waals surface area contributed by atoms with Crippen molar-refractivity contribution >= 4 is 17.5 Å². The van der Waals surface area contributed by atoms with Crippen molar-refractivity contribution in [3.63, 3.8) is 0 Å². The van der Waals surface area contributed by atoms with Gasteiger partial charge >= 0.3 is 5.97 Å². The highest BCUT2D eigenvalue weighted by molar-refractivity contribution is 6.05. The number of aromatic nitrogens is 1. The van der Waals surface area contributed by atoms with Crippen molar-refractivity contribution in [1.29, 1.82) is 0 Å². The molecule has 0 fully saturated rings. The molecule has 0 bridgehead atoms. The third-order valence-corrected chi connectivity index (χ3v) is 4.65. The standard InChI is InChI=1S/C22H27NO5/c1-11-8-12(2)22(13(3)9-11)27-10-18(25)28-17(7)21(26)20-14(4)19(16(6)24)15(5)23-20/h8-9,17,23H,10H2,1-7H3/t17-/m1/s1. The number of carbonyl (C=O) groups excluding carboxylic acids is 3. The molecule has 0 saturated carbocycles. The van der Waals surface area contributed by atoms with Crippen LogP contribution < -0.4 is 4.74 Å². The summed E-state index contributed by atoms with van der Waals surface area (Å²) in [4.78, 5) is 39.5. The molecule has 150 valence electrons. The van der Waals surface area contributed by atoms with Crippen molar-refractivity contribution in [3.05, 3.63) is 51.3 Å². The molecule has 1 atom stereocenters. The van der Waals surface area contributed by atoms with Gasteiger partial charge < -0.3 is 14.5 Å². The number of nitrogens with one attached hydrogen (secondary N) is 1. The second kappa shape index (κ2) is 8.42. The maximum absolute atomic E-state index is 12.6. The van der Waals surface area contributed by atoms with E-state index in [1.54, 1.807) is 13.8 Å². The van der Waals surface area contributed by atoms with Crippen LogP contribution in [0.5, 0.6) is 5.75 Å². The van der Waals surface area contributed by atoms with Gasteiger partial charge in [0.1, 0.15) is 5.75 Å². The second-order valence-corrected chi connectivity index (χ2v) is 7.19. The highest BCUT2D eigenvalue weighted by Gasteiger charge is 2.26. The number of hydrogen-bond donors (Lipinski definition) is 1. The summed E-state index contributed by atoms with van der Waals surface area (Å²) in [6, 6.07) is 3.95. The fourth-order valence-electron chi connectivity index (χ4n) is 3.54. The van der Waals surface area contributed by atoms with E-state index in [2.05, 4.69) is 4.98 Å². The molecule has 6 heteroatoms. The molecule has 0 radical (unpaired) electrons. The van der Waals surface area contributed by atoms with Crippen LogP contribution in [0.2, 0.25) is 0 Å². The number of carbonyl (C=O) groups is 3. The van der Waals surface area contributed by atoms with Gasteiger partial charge in [-0.15, -0.1) is 0 Å². The lowest BCUT2D eigenvalue weighted by Gasteiger charge is -2.15. The molecule has 1 aromatic carbocycles. The van der Waals surface area contributed by atoms with Crippen molar-refractivity contribution < 1.29 is 23.9 Å². The topological polar surface area (TPSA) is 85.5 Å². The van der Waals surface area contributed by atoms with E-state index >= 15 is 0 Å². The normalized spacial score (nSPS) is 11.8. The lowest BCUT2D eigenvalue weighted by Crippen LogP contribution is -2.28. The Labute approximate surface area is 165 Å². The van der Waals surface area contributed by atoms with Crippen molar-refractivity contribution in [2.45, 2.75) is 54.6 Å².